The van der Waals surface area contributed by atoms with Gasteiger partial charge in [-0.25, -0.2) is 0 Å². The monoisotopic (exact) mass is 280 g/mol. The fraction of sp³-hybridized carbons (Fsp3) is 0.600. The van der Waals surface area contributed by atoms with Gasteiger partial charge in [-0.2, -0.15) is 0 Å². The number of aliphatic hydroxyl groups is 1. The molecular weight excluding hydrogens is 256 g/mol. The van der Waals surface area contributed by atoms with Crippen LogP contribution in [0.1, 0.15) is 12.0 Å². The van der Waals surface area contributed by atoms with Crippen molar-refractivity contribution in [3.8, 4) is 5.75 Å². The molecule has 0 aromatic heterocycles. The van der Waals surface area contributed by atoms with Crippen LogP contribution in [0.2, 0.25) is 0 Å². The Balaban J connectivity index is 1.67. The number of rotatable bonds is 7. The highest BCUT2D eigenvalue weighted by Gasteiger charge is 2.21. The summed E-state index contributed by atoms with van der Waals surface area (Å²) in [5, 5.41) is 9.28. The molecule has 0 amide bonds. The van der Waals surface area contributed by atoms with E-state index < -0.39 is 0 Å². The maximum Gasteiger partial charge on any atom is 0.119 e. The topological polar surface area (TPSA) is 68.0 Å². The van der Waals surface area contributed by atoms with Crippen molar-refractivity contribution in [3.63, 3.8) is 0 Å². The number of morpholine rings is 1. The van der Waals surface area contributed by atoms with E-state index in [1.54, 1.807) is 0 Å². The summed E-state index contributed by atoms with van der Waals surface area (Å²) in [6.07, 6.45) is 0.940. The zero-order valence-corrected chi connectivity index (χ0v) is 11.8. The summed E-state index contributed by atoms with van der Waals surface area (Å²) in [4.78, 5) is 2.27. The van der Waals surface area contributed by atoms with Crippen LogP contribution in [0, 0.1) is 0 Å². The zero-order valence-electron chi connectivity index (χ0n) is 11.8. The van der Waals surface area contributed by atoms with E-state index in [1.165, 1.54) is 0 Å². The van der Waals surface area contributed by atoms with Crippen molar-refractivity contribution in [2.24, 2.45) is 5.73 Å². The minimum Gasteiger partial charge on any atom is -0.494 e. The summed E-state index contributed by atoms with van der Waals surface area (Å²) in [7, 11) is 0. The molecule has 1 aromatic rings. The largest absolute Gasteiger partial charge is 0.494 e. The van der Waals surface area contributed by atoms with Crippen LogP contribution in [0.4, 0.5) is 0 Å². The molecule has 1 aliphatic rings. The van der Waals surface area contributed by atoms with Crippen LogP contribution in [-0.2, 0) is 11.3 Å². The van der Waals surface area contributed by atoms with E-state index in [-0.39, 0.29) is 12.6 Å². The molecule has 1 atom stereocenters. The number of aliphatic hydroxyl groups excluding tert-OH is 1. The molecule has 0 radical (unpaired) electrons. The lowest BCUT2D eigenvalue weighted by molar-refractivity contribution is -0.0287. The van der Waals surface area contributed by atoms with E-state index in [9.17, 15) is 5.11 Å². The number of nitrogens with zero attached hydrogens (tertiary/aromatic N) is 1. The molecule has 20 heavy (non-hydrogen) atoms. The molecule has 1 saturated heterocycles. The molecule has 0 spiro atoms. The summed E-state index contributed by atoms with van der Waals surface area (Å²) in [6, 6.07) is 8.01. The predicted octanol–water partition coefficient (Wildman–Crippen LogP) is 0.607. The molecule has 5 heteroatoms. The smallest absolute Gasteiger partial charge is 0.119 e. The predicted molar refractivity (Wildman–Crippen MR) is 77.7 cm³/mol. The fourth-order valence-electron chi connectivity index (χ4n) is 2.33. The molecule has 112 valence electrons. The molecule has 1 fully saturated rings. The standard InChI is InChI=1S/C15H24N2O3/c16-10-13-2-4-15(5-3-13)20-8-1-6-17-7-9-19-12-14(17)11-18/h2-5,14,18H,1,6-12,16H2. The SMILES string of the molecule is NCc1ccc(OCCCN2CCOCC2CO)cc1. The fourth-order valence-corrected chi connectivity index (χ4v) is 2.33. The highest BCUT2D eigenvalue weighted by atomic mass is 16.5. The van der Waals surface area contributed by atoms with Gasteiger partial charge in [-0.1, -0.05) is 12.1 Å². The minimum absolute atomic E-state index is 0.132. The van der Waals surface area contributed by atoms with Gasteiger partial charge in [-0.15, -0.1) is 0 Å². The molecule has 1 heterocycles. The second-order valence-corrected chi connectivity index (χ2v) is 5.00. The normalized spacial score (nSPS) is 20.0. The summed E-state index contributed by atoms with van der Waals surface area (Å²) in [5.74, 6) is 0.878. The van der Waals surface area contributed by atoms with E-state index in [0.717, 1.165) is 37.4 Å². The van der Waals surface area contributed by atoms with Gasteiger partial charge in [0.1, 0.15) is 5.75 Å². The Labute approximate surface area is 120 Å². The molecule has 5 nitrogen and oxygen atoms in total. The van der Waals surface area contributed by atoms with Crippen LogP contribution in [0.5, 0.6) is 5.75 Å². The van der Waals surface area contributed by atoms with Crippen LogP contribution in [0.15, 0.2) is 24.3 Å². The Kier molecular flexibility index (Phi) is 6.26. The van der Waals surface area contributed by atoms with Crippen LogP contribution < -0.4 is 10.5 Å². The molecule has 1 aliphatic heterocycles. The lowest BCUT2D eigenvalue weighted by Gasteiger charge is -2.34. The average molecular weight is 280 g/mol. The van der Waals surface area contributed by atoms with Crippen molar-refractivity contribution >= 4 is 0 Å². The van der Waals surface area contributed by atoms with Crippen molar-refractivity contribution in [1.82, 2.24) is 4.90 Å². The summed E-state index contributed by atoms with van der Waals surface area (Å²) in [5.41, 5.74) is 6.66. The third kappa shape index (κ3) is 4.45. The average Bonchev–Trinajstić information content (AvgIpc) is 2.52. The lowest BCUT2D eigenvalue weighted by atomic mass is 10.2. The van der Waals surface area contributed by atoms with Gasteiger partial charge in [0.2, 0.25) is 0 Å². The molecule has 1 aromatic carbocycles. The molecule has 3 N–H and O–H groups in total. The van der Waals surface area contributed by atoms with Crippen LogP contribution >= 0.6 is 0 Å². The van der Waals surface area contributed by atoms with Gasteiger partial charge in [-0.3, -0.25) is 4.90 Å². The third-order valence-corrected chi connectivity index (χ3v) is 3.58. The van der Waals surface area contributed by atoms with Gasteiger partial charge in [0.15, 0.2) is 0 Å². The van der Waals surface area contributed by atoms with E-state index >= 15 is 0 Å². The van der Waals surface area contributed by atoms with Gasteiger partial charge < -0.3 is 20.3 Å². The van der Waals surface area contributed by atoms with E-state index in [0.29, 0.717) is 19.8 Å². The number of hydrogen-bond donors (Lipinski definition) is 2. The summed E-state index contributed by atoms with van der Waals surface area (Å²) < 4.78 is 11.1. The Bertz CT molecular complexity index is 383. The van der Waals surface area contributed by atoms with Crippen molar-refractivity contribution in [1.29, 1.82) is 0 Å². The quantitative estimate of drug-likeness (QED) is 0.716. The first kappa shape index (κ1) is 15.3. The first-order valence-corrected chi connectivity index (χ1v) is 7.18. The second-order valence-electron chi connectivity index (χ2n) is 5.00. The van der Waals surface area contributed by atoms with Crippen LogP contribution in [0.3, 0.4) is 0 Å². The Morgan fingerprint density at radius 1 is 1.35 bits per heavy atom. The number of hydrogen-bond acceptors (Lipinski definition) is 5. The van der Waals surface area contributed by atoms with Gasteiger partial charge in [-0.05, 0) is 24.1 Å². The molecular formula is C15H24N2O3. The van der Waals surface area contributed by atoms with Crippen molar-refractivity contribution in [2.75, 3.05) is 39.5 Å². The van der Waals surface area contributed by atoms with Crippen molar-refractivity contribution < 1.29 is 14.6 Å². The summed E-state index contributed by atoms with van der Waals surface area (Å²) in [6.45, 7) is 4.57. The van der Waals surface area contributed by atoms with E-state index in [1.807, 2.05) is 24.3 Å². The molecule has 0 aliphatic carbocycles. The molecule has 0 bridgehead atoms. The van der Waals surface area contributed by atoms with E-state index in [4.69, 9.17) is 15.2 Å². The zero-order chi connectivity index (χ0) is 14.2. The van der Waals surface area contributed by atoms with Gasteiger partial charge in [0.25, 0.3) is 0 Å². The molecule has 1 unspecified atom stereocenters. The summed E-state index contributed by atoms with van der Waals surface area (Å²) >= 11 is 0. The highest BCUT2D eigenvalue weighted by molar-refractivity contribution is 5.26. The third-order valence-electron chi connectivity index (χ3n) is 3.58. The molecule has 2 rings (SSSR count). The van der Waals surface area contributed by atoms with Gasteiger partial charge in [0, 0.05) is 19.6 Å². The Hall–Kier alpha value is -1.14. The first-order valence-electron chi connectivity index (χ1n) is 7.18. The Morgan fingerprint density at radius 2 is 2.15 bits per heavy atom. The van der Waals surface area contributed by atoms with Gasteiger partial charge >= 0.3 is 0 Å². The van der Waals surface area contributed by atoms with Crippen molar-refractivity contribution in [2.45, 2.75) is 19.0 Å². The van der Waals surface area contributed by atoms with E-state index in [2.05, 4.69) is 4.90 Å². The number of ether oxygens (including phenoxy) is 2. The molecule has 0 saturated carbocycles. The number of nitrogens with two attached hydrogens (primary N) is 1. The first-order chi connectivity index (χ1) is 9.83. The lowest BCUT2D eigenvalue weighted by Crippen LogP contribution is -2.47. The van der Waals surface area contributed by atoms with Crippen LogP contribution in [-0.4, -0.2) is 55.6 Å². The Morgan fingerprint density at radius 3 is 2.85 bits per heavy atom. The van der Waals surface area contributed by atoms with Gasteiger partial charge in [0.05, 0.1) is 32.5 Å². The minimum atomic E-state index is 0.132. The van der Waals surface area contributed by atoms with Crippen LogP contribution in [0.25, 0.3) is 0 Å². The van der Waals surface area contributed by atoms with Crippen molar-refractivity contribution in [3.05, 3.63) is 29.8 Å². The maximum absolute atomic E-state index is 9.28. The highest BCUT2D eigenvalue weighted by Crippen LogP contribution is 2.12. The number of benzene rings is 1. The maximum atomic E-state index is 9.28. The second kappa shape index (κ2) is 8.21.